The van der Waals surface area contributed by atoms with Crippen LogP contribution in [0.25, 0.3) is 0 Å². The molecule has 0 bridgehead atoms. The molecule has 0 saturated carbocycles. The standard InChI is InChI=1S/C14H15F2N3O2/c1-9-4-10(14(20)21)6-11(5-9)17-7-12-2-3-18-19(12)8-13(15)16/h2-6,13,17H,7-8H2,1H3,(H,20,21). The molecule has 0 aliphatic heterocycles. The number of carbonyl (C=O) groups is 1. The molecule has 1 heterocycles. The number of aromatic carboxylic acids is 1. The van der Waals surface area contributed by atoms with Gasteiger partial charge in [0.2, 0.25) is 0 Å². The summed E-state index contributed by atoms with van der Waals surface area (Å²) in [6.45, 7) is 1.62. The summed E-state index contributed by atoms with van der Waals surface area (Å²) >= 11 is 0. The number of rotatable bonds is 6. The van der Waals surface area contributed by atoms with E-state index in [9.17, 15) is 13.6 Å². The topological polar surface area (TPSA) is 67.2 Å². The number of aromatic nitrogens is 2. The minimum absolute atomic E-state index is 0.179. The Morgan fingerprint density at radius 3 is 2.86 bits per heavy atom. The van der Waals surface area contributed by atoms with Crippen molar-refractivity contribution in [2.45, 2.75) is 26.4 Å². The van der Waals surface area contributed by atoms with Gasteiger partial charge < -0.3 is 10.4 Å². The predicted molar refractivity (Wildman–Crippen MR) is 73.7 cm³/mol. The molecule has 2 aromatic rings. The molecule has 112 valence electrons. The molecule has 0 radical (unpaired) electrons. The number of anilines is 1. The van der Waals surface area contributed by atoms with Crippen molar-refractivity contribution in [1.29, 1.82) is 0 Å². The van der Waals surface area contributed by atoms with Crippen molar-refractivity contribution in [1.82, 2.24) is 9.78 Å². The number of carboxylic acid groups (broad SMARTS) is 1. The SMILES string of the molecule is Cc1cc(NCc2ccnn2CC(F)F)cc(C(=O)O)c1. The number of hydrogen-bond acceptors (Lipinski definition) is 3. The minimum Gasteiger partial charge on any atom is -0.478 e. The summed E-state index contributed by atoms with van der Waals surface area (Å²) in [6.07, 6.45) is -1.01. The Balaban J connectivity index is 2.10. The Morgan fingerprint density at radius 1 is 1.43 bits per heavy atom. The average molecular weight is 295 g/mol. The Bertz CT molecular complexity index is 641. The summed E-state index contributed by atoms with van der Waals surface area (Å²) in [4.78, 5) is 11.0. The molecule has 7 heteroatoms. The van der Waals surface area contributed by atoms with Crippen LogP contribution in [0.15, 0.2) is 30.5 Å². The summed E-state index contributed by atoms with van der Waals surface area (Å²) in [7, 11) is 0. The van der Waals surface area contributed by atoms with Crippen molar-refractivity contribution in [3.8, 4) is 0 Å². The van der Waals surface area contributed by atoms with Gasteiger partial charge in [0, 0.05) is 11.9 Å². The first-order valence-electron chi connectivity index (χ1n) is 6.33. The molecular weight excluding hydrogens is 280 g/mol. The van der Waals surface area contributed by atoms with Gasteiger partial charge in [-0.15, -0.1) is 0 Å². The molecule has 0 unspecified atom stereocenters. The van der Waals surface area contributed by atoms with Crippen molar-refractivity contribution in [2.75, 3.05) is 5.32 Å². The summed E-state index contributed by atoms with van der Waals surface area (Å²) in [5, 5.41) is 15.9. The lowest BCUT2D eigenvalue weighted by atomic mass is 10.1. The van der Waals surface area contributed by atoms with Crippen molar-refractivity contribution in [2.24, 2.45) is 0 Å². The van der Waals surface area contributed by atoms with Crippen LogP contribution >= 0.6 is 0 Å². The van der Waals surface area contributed by atoms with Gasteiger partial charge in [0.15, 0.2) is 0 Å². The van der Waals surface area contributed by atoms with Gasteiger partial charge in [0.05, 0.1) is 17.8 Å². The maximum absolute atomic E-state index is 12.4. The third-order valence-corrected chi connectivity index (χ3v) is 2.91. The average Bonchev–Trinajstić information content (AvgIpc) is 2.82. The van der Waals surface area contributed by atoms with Crippen LogP contribution in [-0.4, -0.2) is 27.3 Å². The Labute approximate surface area is 120 Å². The lowest BCUT2D eigenvalue weighted by Crippen LogP contribution is -2.14. The van der Waals surface area contributed by atoms with Crippen molar-refractivity contribution < 1.29 is 18.7 Å². The van der Waals surface area contributed by atoms with Crippen molar-refractivity contribution >= 4 is 11.7 Å². The molecule has 0 spiro atoms. The highest BCUT2D eigenvalue weighted by molar-refractivity contribution is 5.89. The van der Waals surface area contributed by atoms with Crippen molar-refractivity contribution in [3.63, 3.8) is 0 Å². The van der Waals surface area contributed by atoms with Gasteiger partial charge in [-0.25, -0.2) is 13.6 Å². The van der Waals surface area contributed by atoms with E-state index in [4.69, 9.17) is 5.11 Å². The molecule has 1 aromatic carbocycles. The van der Waals surface area contributed by atoms with Crippen LogP contribution < -0.4 is 5.32 Å². The quantitative estimate of drug-likeness (QED) is 0.860. The van der Waals surface area contributed by atoms with E-state index in [1.807, 2.05) is 0 Å². The summed E-state index contributed by atoms with van der Waals surface area (Å²) in [5.41, 5.74) is 2.21. The van der Waals surface area contributed by atoms with Crippen LogP contribution in [0.3, 0.4) is 0 Å². The first kappa shape index (κ1) is 15.0. The predicted octanol–water partition coefficient (Wildman–Crippen LogP) is 2.77. The summed E-state index contributed by atoms with van der Waals surface area (Å²) in [5.74, 6) is -1.01. The molecule has 1 aromatic heterocycles. The van der Waals surface area contributed by atoms with Crippen LogP contribution in [0.5, 0.6) is 0 Å². The van der Waals surface area contributed by atoms with Crippen LogP contribution in [0.4, 0.5) is 14.5 Å². The Kier molecular flexibility index (Phi) is 4.52. The fraction of sp³-hybridized carbons (Fsp3) is 0.286. The normalized spacial score (nSPS) is 10.9. The fourth-order valence-corrected chi connectivity index (χ4v) is 2.01. The number of aryl methyl sites for hydroxylation is 1. The van der Waals surface area contributed by atoms with Gasteiger partial charge in [-0.3, -0.25) is 4.68 Å². The molecule has 0 fully saturated rings. The number of benzene rings is 1. The maximum Gasteiger partial charge on any atom is 0.335 e. The number of halogens is 2. The largest absolute Gasteiger partial charge is 0.478 e. The third kappa shape index (κ3) is 4.01. The van der Waals surface area contributed by atoms with E-state index in [-0.39, 0.29) is 12.1 Å². The summed E-state index contributed by atoms with van der Waals surface area (Å²) in [6, 6.07) is 6.50. The zero-order valence-corrected chi connectivity index (χ0v) is 11.4. The second kappa shape index (κ2) is 6.34. The molecule has 2 rings (SSSR count). The van der Waals surface area contributed by atoms with Gasteiger partial charge in [0.25, 0.3) is 6.43 Å². The zero-order chi connectivity index (χ0) is 15.4. The monoisotopic (exact) mass is 295 g/mol. The number of nitrogens with zero attached hydrogens (tertiary/aromatic N) is 2. The smallest absolute Gasteiger partial charge is 0.335 e. The van der Waals surface area contributed by atoms with Crippen LogP contribution in [0.1, 0.15) is 21.6 Å². The second-order valence-electron chi connectivity index (χ2n) is 4.64. The van der Waals surface area contributed by atoms with Gasteiger partial charge >= 0.3 is 5.97 Å². The van der Waals surface area contributed by atoms with E-state index < -0.39 is 18.9 Å². The highest BCUT2D eigenvalue weighted by Gasteiger charge is 2.10. The molecular formula is C14H15F2N3O2. The first-order chi connectivity index (χ1) is 9.95. The van der Waals surface area contributed by atoms with E-state index in [2.05, 4.69) is 10.4 Å². The van der Waals surface area contributed by atoms with Gasteiger partial charge in [-0.05, 0) is 36.8 Å². The molecule has 21 heavy (non-hydrogen) atoms. The van der Waals surface area contributed by atoms with E-state index in [1.165, 1.54) is 16.9 Å². The Morgan fingerprint density at radius 2 is 2.19 bits per heavy atom. The number of carboxylic acids is 1. The van der Waals surface area contributed by atoms with Crippen molar-refractivity contribution in [3.05, 3.63) is 47.3 Å². The van der Waals surface area contributed by atoms with E-state index >= 15 is 0 Å². The van der Waals surface area contributed by atoms with E-state index in [1.54, 1.807) is 25.1 Å². The molecule has 0 atom stereocenters. The van der Waals surface area contributed by atoms with Crippen LogP contribution in [0, 0.1) is 6.92 Å². The van der Waals surface area contributed by atoms with Gasteiger partial charge in [0.1, 0.15) is 6.54 Å². The zero-order valence-electron chi connectivity index (χ0n) is 11.4. The second-order valence-corrected chi connectivity index (χ2v) is 4.64. The molecule has 0 amide bonds. The highest BCUT2D eigenvalue weighted by atomic mass is 19.3. The van der Waals surface area contributed by atoms with E-state index in [0.717, 1.165) is 5.56 Å². The highest BCUT2D eigenvalue weighted by Crippen LogP contribution is 2.16. The summed E-state index contributed by atoms with van der Waals surface area (Å²) < 4.78 is 26.0. The van der Waals surface area contributed by atoms with Gasteiger partial charge in [-0.1, -0.05) is 0 Å². The maximum atomic E-state index is 12.4. The third-order valence-electron chi connectivity index (χ3n) is 2.91. The number of alkyl halides is 2. The fourth-order valence-electron chi connectivity index (χ4n) is 2.01. The first-order valence-corrected chi connectivity index (χ1v) is 6.33. The molecule has 0 saturated heterocycles. The van der Waals surface area contributed by atoms with E-state index in [0.29, 0.717) is 11.4 Å². The van der Waals surface area contributed by atoms with Crippen LogP contribution in [0.2, 0.25) is 0 Å². The van der Waals surface area contributed by atoms with Gasteiger partial charge in [-0.2, -0.15) is 5.10 Å². The van der Waals surface area contributed by atoms with Crippen LogP contribution in [-0.2, 0) is 13.1 Å². The molecule has 5 nitrogen and oxygen atoms in total. The number of hydrogen-bond donors (Lipinski definition) is 2. The minimum atomic E-state index is -2.47. The molecule has 0 aliphatic rings. The molecule has 0 aliphatic carbocycles. The number of nitrogens with one attached hydrogen (secondary N) is 1. The molecule has 2 N–H and O–H groups in total. The Hall–Kier alpha value is -2.44. The lowest BCUT2D eigenvalue weighted by molar-refractivity contribution is 0.0696. The lowest BCUT2D eigenvalue weighted by Gasteiger charge is -2.10.